The smallest absolute Gasteiger partial charge is 0.416 e. The summed E-state index contributed by atoms with van der Waals surface area (Å²) < 4.78 is 48.0. The van der Waals surface area contributed by atoms with Crippen molar-refractivity contribution in [3.63, 3.8) is 0 Å². The van der Waals surface area contributed by atoms with Gasteiger partial charge in [-0.15, -0.1) is 0 Å². The molecule has 0 atom stereocenters. The molecule has 1 aromatic rings. The van der Waals surface area contributed by atoms with Gasteiger partial charge in [-0.25, -0.2) is 4.99 Å². The Bertz CT molecular complexity index is 686. The van der Waals surface area contributed by atoms with Crippen LogP contribution in [0.15, 0.2) is 29.1 Å². The Morgan fingerprint density at radius 1 is 1.36 bits per heavy atom. The number of ether oxygens (including phenoxy) is 2. The number of hydrogen-bond acceptors (Lipinski definition) is 4. The molecule has 0 saturated carbocycles. The summed E-state index contributed by atoms with van der Waals surface area (Å²) in [5.41, 5.74) is 5.06. The van der Waals surface area contributed by atoms with E-state index in [0.717, 1.165) is 0 Å². The molecule has 11 heteroatoms. The summed E-state index contributed by atoms with van der Waals surface area (Å²) in [4.78, 5) is 3.99. The first-order valence-electron chi connectivity index (χ1n) is 6.58. The number of benzene rings is 1. The number of methoxy groups -OCH3 is 1. The lowest BCUT2D eigenvalue weighted by atomic mass is 10.2. The summed E-state index contributed by atoms with van der Waals surface area (Å²) >= 11 is 16.5. The molecule has 0 saturated heterocycles. The second-order valence-corrected chi connectivity index (χ2v) is 5.78. The van der Waals surface area contributed by atoms with E-state index >= 15 is 0 Å². The van der Waals surface area contributed by atoms with Crippen molar-refractivity contribution in [3.05, 3.63) is 39.7 Å². The second kappa shape index (κ2) is 9.23. The maximum atomic E-state index is 12.7. The highest BCUT2D eigenvalue weighted by atomic mass is 35.5. The van der Waals surface area contributed by atoms with E-state index in [0.29, 0.717) is 17.8 Å². The average molecular weight is 416 g/mol. The van der Waals surface area contributed by atoms with Gasteiger partial charge in [-0.3, -0.25) is 0 Å². The summed E-state index contributed by atoms with van der Waals surface area (Å²) in [5, 5.41) is 2.19. The van der Waals surface area contributed by atoms with Crippen LogP contribution in [-0.4, -0.2) is 24.7 Å². The molecular weight excluding hydrogens is 402 g/mol. The van der Waals surface area contributed by atoms with E-state index in [1.54, 1.807) is 6.92 Å². The van der Waals surface area contributed by atoms with Gasteiger partial charge in [-0.1, -0.05) is 23.2 Å². The van der Waals surface area contributed by atoms with E-state index in [-0.39, 0.29) is 33.5 Å². The second-order valence-electron chi connectivity index (χ2n) is 4.58. The number of rotatable bonds is 5. The zero-order valence-electron chi connectivity index (χ0n) is 13.1. The van der Waals surface area contributed by atoms with Crippen LogP contribution in [0.2, 0.25) is 10.0 Å². The molecule has 1 aromatic carbocycles. The zero-order valence-corrected chi connectivity index (χ0v) is 15.4. The molecule has 25 heavy (non-hydrogen) atoms. The largest absolute Gasteiger partial charge is 0.438 e. The van der Waals surface area contributed by atoms with Crippen molar-refractivity contribution in [2.75, 3.05) is 13.8 Å². The number of alkyl halides is 3. The molecule has 0 radical (unpaired) electrons. The fourth-order valence-electron chi connectivity index (χ4n) is 1.54. The maximum Gasteiger partial charge on any atom is 0.416 e. The predicted molar refractivity (Wildman–Crippen MR) is 95.1 cm³/mol. The summed E-state index contributed by atoms with van der Waals surface area (Å²) in [6, 6.07) is 1.39. The molecule has 0 aromatic heterocycles. The minimum Gasteiger partial charge on any atom is -0.438 e. The number of nitrogens with one attached hydrogen (secondary N) is 1. The number of allylic oxidation sites excluding steroid dienone is 1. The van der Waals surface area contributed by atoms with E-state index in [2.05, 4.69) is 10.3 Å². The molecule has 0 heterocycles. The van der Waals surface area contributed by atoms with Crippen LogP contribution in [0.4, 0.5) is 13.2 Å². The first kappa shape index (κ1) is 21.5. The van der Waals surface area contributed by atoms with E-state index in [1.165, 1.54) is 13.2 Å². The first-order valence-corrected chi connectivity index (χ1v) is 7.74. The minimum absolute atomic E-state index is 0.161. The molecule has 1 rings (SSSR count). The van der Waals surface area contributed by atoms with Crippen molar-refractivity contribution >= 4 is 46.2 Å². The third-order valence-electron chi connectivity index (χ3n) is 2.54. The standard InChI is InChI=1S/C14H14Cl2F3N3O2S/c1-7(22-13(25)21-6-23-2)3-11(20)24-12-9(15)4-8(5-10(12)16)14(17,18)19/h3-5H,6,20H2,1-2H3,(H,21,25). The van der Waals surface area contributed by atoms with Gasteiger partial charge in [0.05, 0.1) is 15.6 Å². The molecule has 0 aliphatic carbocycles. The molecular formula is C14H14Cl2F3N3O2S. The van der Waals surface area contributed by atoms with E-state index in [1.807, 2.05) is 0 Å². The van der Waals surface area contributed by atoms with Gasteiger partial charge in [0.2, 0.25) is 0 Å². The lowest BCUT2D eigenvalue weighted by Crippen LogP contribution is -2.22. The van der Waals surface area contributed by atoms with E-state index < -0.39 is 11.7 Å². The van der Waals surface area contributed by atoms with Gasteiger partial charge < -0.3 is 20.5 Å². The molecule has 138 valence electrons. The summed E-state index contributed by atoms with van der Waals surface area (Å²) in [5.74, 6) is -0.377. The molecule has 5 nitrogen and oxygen atoms in total. The van der Waals surface area contributed by atoms with Crippen LogP contribution < -0.4 is 15.8 Å². The molecule has 0 bridgehead atoms. The average Bonchev–Trinajstić information content (AvgIpc) is 2.47. The Morgan fingerprint density at radius 2 is 1.92 bits per heavy atom. The Hall–Kier alpha value is -1.55. The Labute approximate surface area is 157 Å². The fraction of sp³-hybridized carbons (Fsp3) is 0.286. The molecule has 0 unspecified atom stereocenters. The van der Waals surface area contributed by atoms with Crippen molar-refractivity contribution in [3.8, 4) is 5.75 Å². The van der Waals surface area contributed by atoms with Gasteiger partial charge in [-0.2, -0.15) is 13.2 Å². The lowest BCUT2D eigenvalue weighted by molar-refractivity contribution is -0.137. The van der Waals surface area contributed by atoms with Gasteiger partial charge in [0.1, 0.15) is 6.73 Å². The minimum atomic E-state index is -4.58. The highest BCUT2D eigenvalue weighted by molar-refractivity contribution is 7.80. The predicted octanol–water partition coefficient (Wildman–Crippen LogP) is 4.13. The summed E-state index contributed by atoms with van der Waals surface area (Å²) in [6.45, 7) is 1.77. The van der Waals surface area contributed by atoms with Gasteiger partial charge in [-0.05, 0) is 31.3 Å². The molecule has 0 fully saturated rings. The number of thiocarbonyl (C=S) groups is 1. The SMILES string of the molecule is COCNC(=S)N=C(C)C=C(N)Oc1c(Cl)cc(C(F)(F)F)cc1Cl. The third kappa shape index (κ3) is 7.07. The van der Waals surface area contributed by atoms with Gasteiger partial charge in [0, 0.05) is 18.9 Å². The molecule has 0 aliphatic rings. The number of nitrogens with two attached hydrogens (primary N) is 1. The number of aliphatic imine (C=N–C) groups is 1. The monoisotopic (exact) mass is 415 g/mol. The van der Waals surface area contributed by atoms with Crippen LogP contribution in [0.25, 0.3) is 0 Å². The van der Waals surface area contributed by atoms with Crippen molar-refractivity contribution in [2.45, 2.75) is 13.1 Å². The zero-order chi connectivity index (χ0) is 19.2. The highest BCUT2D eigenvalue weighted by Crippen LogP contribution is 2.40. The van der Waals surface area contributed by atoms with Crippen molar-refractivity contribution in [2.24, 2.45) is 10.7 Å². The fourth-order valence-corrected chi connectivity index (χ4v) is 2.31. The van der Waals surface area contributed by atoms with Crippen LogP contribution in [0.5, 0.6) is 5.75 Å². The van der Waals surface area contributed by atoms with Crippen molar-refractivity contribution < 1.29 is 22.6 Å². The van der Waals surface area contributed by atoms with Crippen LogP contribution in [-0.2, 0) is 10.9 Å². The van der Waals surface area contributed by atoms with Crippen molar-refractivity contribution in [1.29, 1.82) is 0 Å². The highest BCUT2D eigenvalue weighted by Gasteiger charge is 2.32. The number of hydrogen-bond donors (Lipinski definition) is 2. The Balaban J connectivity index is 2.95. The van der Waals surface area contributed by atoms with Crippen LogP contribution in [0, 0.1) is 0 Å². The van der Waals surface area contributed by atoms with E-state index in [4.69, 9.17) is 50.6 Å². The first-order chi connectivity index (χ1) is 11.5. The van der Waals surface area contributed by atoms with Crippen molar-refractivity contribution in [1.82, 2.24) is 5.32 Å². The van der Waals surface area contributed by atoms with Crippen LogP contribution in [0.1, 0.15) is 12.5 Å². The summed E-state index contributed by atoms with van der Waals surface area (Å²) in [7, 11) is 1.48. The van der Waals surface area contributed by atoms with Gasteiger partial charge in [0.15, 0.2) is 16.7 Å². The normalized spacial score (nSPS) is 12.9. The quantitative estimate of drug-likeness (QED) is 0.327. The van der Waals surface area contributed by atoms with Crippen LogP contribution in [0.3, 0.4) is 0 Å². The van der Waals surface area contributed by atoms with Gasteiger partial charge in [0.25, 0.3) is 0 Å². The topological polar surface area (TPSA) is 68.9 Å². The molecule has 3 N–H and O–H groups in total. The summed E-state index contributed by atoms with van der Waals surface area (Å²) in [6.07, 6.45) is -3.27. The molecule has 0 aliphatic heterocycles. The number of halogens is 5. The van der Waals surface area contributed by atoms with Crippen LogP contribution >= 0.6 is 35.4 Å². The lowest BCUT2D eigenvalue weighted by Gasteiger charge is -2.13. The Kier molecular flexibility index (Phi) is 7.94. The third-order valence-corrected chi connectivity index (χ3v) is 3.34. The maximum absolute atomic E-state index is 12.7. The molecule has 0 spiro atoms. The van der Waals surface area contributed by atoms with Gasteiger partial charge >= 0.3 is 6.18 Å². The Morgan fingerprint density at radius 3 is 2.40 bits per heavy atom. The molecule has 0 amide bonds. The number of nitrogens with zero attached hydrogens (tertiary/aromatic N) is 1. The van der Waals surface area contributed by atoms with E-state index in [9.17, 15) is 13.2 Å².